The zero-order chi connectivity index (χ0) is 9.56. The lowest BCUT2D eigenvalue weighted by atomic mass is 10.1. The van der Waals surface area contributed by atoms with Crippen molar-refractivity contribution in [2.45, 2.75) is 20.3 Å². The van der Waals surface area contributed by atoms with Crippen LogP contribution in [0.3, 0.4) is 0 Å². The van der Waals surface area contributed by atoms with E-state index in [4.69, 9.17) is 5.73 Å². The van der Waals surface area contributed by atoms with Crippen LogP contribution in [-0.2, 0) is 6.42 Å². The van der Waals surface area contributed by atoms with Crippen molar-refractivity contribution in [1.29, 1.82) is 0 Å². The predicted molar refractivity (Wildman–Crippen MR) is 56.2 cm³/mol. The third kappa shape index (κ3) is 2.42. The fourth-order valence-corrected chi connectivity index (χ4v) is 1.21. The molecular formula is C11H17N. The van der Waals surface area contributed by atoms with Gasteiger partial charge in [-0.2, -0.15) is 0 Å². The lowest BCUT2D eigenvalue weighted by Crippen LogP contribution is -1.94. The molecule has 0 fully saturated rings. The highest BCUT2D eigenvalue weighted by Crippen LogP contribution is 2.15. The maximum atomic E-state index is 5.73. The van der Waals surface area contributed by atoms with E-state index in [9.17, 15) is 0 Å². The second-order valence-electron chi connectivity index (χ2n) is 2.50. The van der Waals surface area contributed by atoms with Gasteiger partial charge in [0.1, 0.15) is 0 Å². The van der Waals surface area contributed by atoms with E-state index < -0.39 is 0 Å². The van der Waals surface area contributed by atoms with Crippen molar-refractivity contribution in [2.75, 3.05) is 5.73 Å². The molecular weight excluding hydrogens is 146 g/mol. The zero-order valence-electron chi connectivity index (χ0n) is 7.93. The minimum absolute atomic E-state index is 0.919. The number of anilines is 1. The first-order chi connectivity index (χ1) is 5.75. The van der Waals surface area contributed by atoms with Crippen molar-refractivity contribution in [2.24, 2.45) is 0 Å². The fraction of sp³-hybridized carbons (Fsp3) is 0.273. The number of aryl methyl sites for hydroxylation is 1. The van der Waals surface area contributed by atoms with E-state index in [1.807, 2.05) is 12.1 Å². The van der Waals surface area contributed by atoms with E-state index in [0.29, 0.717) is 0 Å². The van der Waals surface area contributed by atoms with Crippen LogP contribution in [0.1, 0.15) is 18.1 Å². The maximum Gasteiger partial charge on any atom is 0.0349 e. The van der Waals surface area contributed by atoms with E-state index in [0.717, 1.165) is 12.1 Å². The van der Waals surface area contributed by atoms with Crippen LogP contribution in [0.15, 0.2) is 31.4 Å². The van der Waals surface area contributed by atoms with Crippen molar-refractivity contribution in [3.8, 4) is 0 Å². The van der Waals surface area contributed by atoms with Gasteiger partial charge in [0.2, 0.25) is 0 Å². The summed E-state index contributed by atoms with van der Waals surface area (Å²) >= 11 is 0. The molecule has 12 heavy (non-hydrogen) atoms. The van der Waals surface area contributed by atoms with Gasteiger partial charge in [-0.1, -0.05) is 19.1 Å². The number of nitrogen functional groups attached to an aromatic ring is 1. The summed E-state index contributed by atoms with van der Waals surface area (Å²) in [5, 5.41) is 0. The second-order valence-corrected chi connectivity index (χ2v) is 2.50. The molecule has 1 nitrogen and oxygen atoms in total. The Labute approximate surface area is 74.9 Å². The van der Waals surface area contributed by atoms with Crippen molar-refractivity contribution in [3.05, 3.63) is 42.5 Å². The smallest absolute Gasteiger partial charge is 0.0349 e. The van der Waals surface area contributed by atoms with Gasteiger partial charge in [-0.05, 0) is 30.5 Å². The standard InChI is InChI=1S/C9H13N.C2H4/c1-3-8-7(2)5-4-6-9(8)10;1-2/h4-6H,3,10H2,1-2H3;1-2H2. The molecule has 0 saturated carbocycles. The van der Waals surface area contributed by atoms with Gasteiger partial charge in [-0.15, -0.1) is 13.2 Å². The number of hydrogen-bond donors (Lipinski definition) is 1. The molecule has 0 unspecified atom stereocenters. The first kappa shape index (κ1) is 10.8. The lowest BCUT2D eigenvalue weighted by molar-refractivity contribution is 1.11. The molecule has 0 bridgehead atoms. The third-order valence-electron chi connectivity index (χ3n) is 1.80. The van der Waals surface area contributed by atoms with E-state index in [1.165, 1.54) is 11.1 Å². The van der Waals surface area contributed by atoms with Gasteiger partial charge in [0, 0.05) is 5.69 Å². The summed E-state index contributed by atoms with van der Waals surface area (Å²) < 4.78 is 0. The molecule has 0 saturated heterocycles. The quantitative estimate of drug-likeness (QED) is 0.500. The molecule has 0 spiro atoms. The first-order valence-electron chi connectivity index (χ1n) is 4.09. The molecule has 0 aliphatic carbocycles. The fourth-order valence-electron chi connectivity index (χ4n) is 1.21. The highest BCUT2D eigenvalue weighted by molar-refractivity contribution is 5.50. The van der Waals surface area contributed by atoms with E-state index in [1.54, 1.807) is 0 Å². The average Bonchev–Trinajstić information content (AvgIpc) is 2.08. The third-order valence-corrected chi connectivity index (χ3v) is 1.80. The summed E-state index contributed by atoms with van der Waals surface area (Å²) in [6, 6.07) is 6.03. The van der Waals surface area contributed by atoms with Crippen LogP contribution >= 0.6 is 0 Å². The summed E-state index contributed by atoms with van der Waals surface area (Å²) in [5.41, 5.74) is 9.22. The van der Waals surface area contributed by atoms with Gasteiger partial charge in [-0.3, -0.25) is 0 Å². The minimum Gasteiger partial charge on any atom is -0.398 e. The van der Waals surface area contributed by atoms with Crippen molar-refractivity contribution < 1.29 is 0 Å². The molecule has 0 amide bonds. The van der Waals surface area contributed by atoms with Crippen molar-refractivity contribution >= 4 is 5.69 Å². The monoisotopic (exact) mass is 163 g/mol. The zero-order valence-corrected chi connectivity index (χ0v) is 7.93. The second kappa shape index (κ2) is 5.42. The van der Waals surface area contributed by atoms with Crippen LogP contribution in [-0.4, -0.2) is 0 Å². The Morgan fingerprint density at radius 2 is 1.92 bits per heavy atom. The van der Waals surface area contributed by atoms with Crippen LogP contribution in [0.5, 0.6) is 0 Å². The van der Waals surface area contributed by atoms with Crippen LogP contribution in [0.2, 0.25) is 0 Å². The molecule has 0 heterocycles. The molecule has 1 heteroatoms. The summed E-state index contributed by atoms with van der Waals surface area (Å²) in [6.45, 7) is 10.2. The molecule has 2 N–H and O–H groups in total. The van der Waals surface area contributed by atoms with Crippen LogP contribution in [0.4, 0.5) is 5.69 Å². The van der Waals surface area contributed by atoms with Gasteiger partial charge in [0.25, 0.3) is 0 Å². The van der Waals surface area contributed by atoms with Gasteiger partial charge >= 0.3 is 0 Å². The Kier molecular flexibility index (Phi) is 4.86. The normalized spacial score (nSPS) is 8.50. The highest BCUT2D eigenvalue weighted by Gasteiger charge is 1.97. The Morgan fingerprint density at radius 1 is 1.33 bits per heavy atom. The Bertz CT molecular complexity index is 221. The topological polar surface area (TPSA) is 26.0 Å². The molecule has 0 radical (unpaired) electrons. The van der Waals surface area contributed by atoms with Gasteiger partial charge in [-0.25, -0.2) is 0 Å². The van der Waals surface area contributed by atoms with E-state index in [-0.39, 0.29) is 0 Å². The molecule has 66 valence electrons. The molecule has 0 aromatic heterocycles. The largest absolute Gasteiger partial charge is 0.398 e. The summed E-state index contributed by atoms with van der Waals surface area (Å²) in [6.07, 6.45) is 1.03. The Morgan fingerprint density at radius 3 is 2.25 bits per heavy atom. The van der Waals surface area contributed by atoms with Gasteiger partial charge in [0.05, 0.1) is 0 Å². The van der Waals surface area contributed by atoms with Gasteiger partial charge < -0.3 is 5.73 Å². The lowest BCUT2D eigenvalue weighted by Gasteiger charge is -2.04. The summed E-state index contributed by atoms with van der Waals surface area (Å²) in [5.74, 6) is 0. The van der Waals surface area contributed by atoms with Crippen LogP contribution in [0.25, 0.3) is 0 Å². The molecule has 1 aromatic carbocycles. The Balaban J connectivity index is 0.000000561. The average molecular weight is 163 g/mol. The molecule has 1 rings (SSSR count). The Hall–Kier alpha value is -1.24. The first-order valence-corrected chi connectivity index (χ1v) is 4.09. The molecule has 0 aliphatic rings. The van der Waals surface area contributed by atoms with Crippen molar-refractivity contribution in [1.82, 2.24) is 0 Å². The van der Waals surface area contributed by atoms with Crippen molar-refractivity contribution in [3.63, 3.8) is 0 Å². The van der Waals surface area contributed by atoms with Crippen LogP contribution < -0.4 is 5.73 Å². The molecule has 0 aliphatic heterocycles. The summed E-state index contributed by atoms with van der Waals surface area (Å²) in [4.78, 5) is 0. The van der Waals surface area contributed by atoms with Gasteiger partial charge in [0.15, 0.2) is 0 Å². The van der Waals surface area contributed by atoms with E-state index >= 15 is 0 Å². The SMILES string of the molecule is C=C.CCc1c(C)cccc1N. The van der Waals surface area contributed by atoms with E-state index in [2.05, 4.69) is 33.1 Å². The van der Waals surface area contributed by atoms with Crippen LogP contribution in [0, 0.1) is 6.92 Å². The minimum atomic E-state index is 0.919. The number of rotatable bonds is 1. The maximum absolute atomic E-state index is 5.73. The predicted octanol–water partition coefficient (Wildman–Crippen LogP) is 2.94. The number of hydrogen-bond acceptors (Lipinski definition) is 1. The summed E-state index contributed by atoms with van der Waals surface area (Å²) in [7, 11) is 0. The highest BCUT2D eigenvalue weighted by atomic mass is 14.6. The molecule has 0 atom stereocenters. The molecule has 1 aromatic rings. The number of nitrogens with two attached hydrogens (primary N) is 1. The number of benzene rings is 1.